The number of benzene rings is 3. The number of aromatic nitrogens is 3. The van der Waals surface area contributed by atoms with Crippen molar-refractivity contribution in [3.63, 3.8) is 0 Å². The molecule has 0 radical (unpaired) electrons. The van der Waals surface area contributed by atoms with E-state index in [1.54, 1.807) is 0 Å². The molecule has 1 N–H and O–H groups in total. The van der Waals surface area contributed by atoms with Crippen molar-refractivity contribution in [1.82, 2.24) is 14.8 Å². The second kappa shape index (κ2) is 9.85. The highest BCUT2D eigenvalue weighted by atomic mass is 32.2. The molecule has 0 aliphatic carbocycles. The van der Waals surface area contributed by atoms with Crippen LogP contribution >= 0.6 is 11.8 Å². The maximum absolute atomic E-state index is 12.7. The SMILES string of the molecule is Cc1cccc(NC(=O)CSc2nnc(-c3ccc(C(C)(C)C)cc3)n2-c2ccccc2)c1C. The Morgan fingerprint density at radius 3 is 2.29 bits per heavy atom. The highest BCUT2D eigenvalue weighted by Crippen LogP contribution is 2.30. The van der Waals surface area contributed by atoms with E-state index in [-0.39, 0.29) is 17.1 Å². The third-order valence-electron chi connectivity index (χ3n) is 5.87. The van der Waals surface area contributed by atoms with Crippen molar-refractivity contribution in [1.29, 1.82) is 0 Å². The van der Waals surface area contributed by atoms with Gasteiger partial charge in [0.1, 0.15) is 0 Å². The van der Waals surface area contributed by atoms with Gasteiger partial charge in [-0.15, -0.1) is 10.2 Å². The molecule has 0 bridgehead atoms. The molecule has 174 valence electrons. The molecule has 3 aromatic carbocycles. The Labute approximate surface area is 205 Å². The Bertz CT molecular complexity index is 1290. The number of thioether (sulfide) groups is 1. The molecule has 0 spiro atoms. The van der Waals surface area contributed by atoms with Gasteiger partial charge in [0.2, 0.25) is 5.91 Å². The third kappa shape index (κ3) is 5.23. The van der Waals surface area contributed by atoms with Crippen molar-refractivity contribution in [2.45, 2.75) is 45.2 Å². The molecule has 4 rings (SSSR count). The van der Waals surface area contributed by atoms with Crippen LogP contribution in [0.4, 0.5) is 5.69 Å². The molecule has 1 aromatic heterocycles. The number of rotatable bonds is 6. The fourth-order valence-corrected chi connectivity index (χ4v) is 4.43. The quantitative estimate of drug-likeness (QED) is 0.323. The summed E-state index contributed by atoms with van der Waals surface area (Å²) in [7, 11) is 0. The lowest BCUT2D eigenvalue weighted by molar-refractivity contribution is -0.113. The zero-order valence-corrected chi connectivity index (χ0v) is 21.1. The predicted molar refractivity (Wildman–Crippen MR) is 141 cm³/mol. The van der Waals surface area contributed by atoms with Gasteiger partial charge in [0.25, 0.3) is 0 Å². The molecule has 0 atom stereocenters. The number of aryl methyl sites for hydroxylation is 1. The molecule has 34 heavy (non-hydrogen) atoms. The first-order valence-corrected chi connectivity index (χ1v) is 12.3. The Kier molecular flexibility index (Phi) is 6.89. The molecule has 5 nitrogen and oxygen atoms in total. The van der Waals surface area contributed by atoms with Crippen LogP contribution in [-0.4, -0.2) is 26.4 Å². The molecular formula is C28H30N4OS. The van der Waals surface area contributed by atoms with Crippen LogP contribution in [0.15, 0.2) is 78.0 Å². The van der Waals surface area contributed by atoms with Crippen molar-refractivity contribution >= 4 is 23.4 Å². The summed E-state index contributed by atoms with van der Waals surface area (Å²) in [6, 6.07) is 24.4. The number of para-hydroxylation sites is 1. The van der Waals surface area contributed by atoms with E-state index in [1.807, 2.05) is 66.9 Å². The van der Waals surface area contributed by atoms with Crippen molar-refractivity contribution in [3.8, 4) is 17.1 Å². The Morgan fingerprint density at radius 1 is 0.912 bits per heavy atom. The second-order valence-electron chi connectivity index (χ2n) is 9.39. The lowest BCUT2D eigenvalue weighted by atomic mass is 9.87. The monoisotopic (exact) mass is 470 g/mol. The van der Waals surface area contributed by atoms with Crippen LogP contribution in [-0.2, 0) is 10.2 Å². The first-order chi connectivity index (χ1) is 16.2. The zero-order valence-electron chi connectivity index (χ0n) is 20.3. The summed E-state index contributed by atoms with van der Waals surface area (Å²) in [5.41, 5.74) is 6.35. The maximum atomic E-state index is 12.7. The summed E-state index contributed by atoms with van der Waals surface area (Å²) in [6.45, 7) is 10.7. The number of amides is 1. The summed E-state index contributed by atoms with van der Waals surface area (Å²) < 4.78 is 2.02. The third-order valence-corrected chi connectivity index (χ3v) is 6.80. The van der Waals surface area contributed by atoms with Crippen LogP contribution in [0.5, 0.6) is 0 Å². The largest absolute Gasteiger partial charge is 0.325 e. The molecule has 4 aromatic rings. The van der Waals surface area contributed by atoms with Gasteiger partial charge in [-0.1, -0.05) is 87.1 Å². The summed E-state index contributed by atoms with van der Waals surface area (Å²) in [6.07, 6.45) is 0. The van der Waals surface area contributed by atoms with E-state index < -0.39 is 0 Å². The van der Waals surface area contributed by atoms with E-state index in [2.05, 4.69) is 60.6 Å². The summed E-state index contributed by atoms with van der Waals surface area (Å²) >= 11 is 1.38. The van der Waals surface area contributed by atoms with Crippen molar-refractivity contribution in [2.24, 2.45) is 0 Å². The second-order valence-corrected chi connectivity index (χ2v) is 10.3. The van der Waals surface area contributed by atoms with Gasteiger partial charge in [0, 0.05) is 16.9 Å². The average molecular weight is 471 g/mol. The standard InChI is InChI=1S/C28H30N4OS/c1-19-10-9-13-24(20(19)2)29-25(33)18-34-27-31-30-26(32(27)23-11-7-6-8-12-23)21-14-16-22(17-15-21)28(3,4)5/h6-17H,18H2,1-5H3,(H,29,33). The fourth-order valence-electron chi connectivity index (χ4n) is 3.68. The zero-order chi connectivity index (χ0) is 24.3. The fraction of sp³-hybridized carbons (Fsp3) is 0.250. The van der Waals surface area contributed by atoms with Crippen LogP contribution in [0.1, 0.15) is 37.5 Å². The molecule has 6 heteroatoms. The van der Waals surface area contributed by atoms with Gasteiger partial charge < -0.3 is 5.32 Å². The maximum Gasteiger partial charge on any atom is 0.234 e. The number of carbonyl (C=O) groups excluding carboxylic acids is 1. The van der Waals surface area contributed by atoms with E-state index >= 15 is 0 Å². The number of hydrogen-bond donors (Lipinski definition) is 1. The highest BCUT2D eigenvalue weighted by Gasteiger charge is 2.19. The van der Waals surface area contributed by atoms with Gasteiger partial charge in [-0.3, -0.25) is 9.36 Å². The molecule has 1 amide bonds. The van der Waals surface area contributed by atoms with Gasteiger partial charge >= 0.3 is 0 Å². The first-order valence-electron chi connectivity index (χ1n) is 11.3. The minimum atomic E-state index is -0.0719. The first kappa shape index (κ1) is 23.8. The molecule has 0 unspecified atom stereocenters. The minimum Gasteiger partial charge on any atom is -0.325 e. The average Bonchev–Trinajstić information content (AvgIpc) is 3.25. The highest BCUT2D eigenvalue weighted by molar-refractivity contribution is 7.99. The number of anilines is 1. The Balaban J connectivity index is 1.60. The molecule has 0 aliphatic heterocycles. The molecule has 0 saturated heterocycles. The van der Waals surface area contributed by atoms with E-state index in [9.17, 15) is 4.79 Å². The van der Waals surface area contributed by atoms with E-state index in [4.69, 9.17) is 0 Å². The van der Waals surface area contributed by atoms with Gasteiger partial charge in [0.15, 0.2) is 11.0 Å². The van der Waals surface area contributed by atoms with Crippen molar-refractivity contribution in [2.75, 3.05) is 11.1 Å². The van der Waals surface area contributed by atoms with Crippen LogP contribution < -0.4 is 5.32 Å². The smallest absolute Gasteiger partial charge is 0.234 e. The van der Waals surface area contributed by atoms with Gasteiger partial charge in [0.05, 0.1) is 5.75 Å². The lowest BCUT2D eigenvalue weighted by Gasteiger charge is -2.19. The normalized spacial score (nSPS) is 11.4. The summed E-state index contributed by atoms with van der Waals surface area (Å²) in [5.74, 6) is 0.919. The van der Waals surface area contributed by atoms with Crippen LogP contribution in [0.2, 0.25) is 0 Å². The molecule has 1 heterocycles. The lowest BCUT2D eigenvalue weighted by Crippen LogP contribution is -2.15. The van der Waals surface area contributed by atoms with E-state index in [0.29, 0.717) is 5.16 Å². The van der Waals surface area contributed by atoms with Gasteiger partial charge in [-0.05, 0) is 54.2 Å². The Hall–Kier alpha value is -3.38. The van der Waals surface area contributed by atoms with Crippen LogP contribution in [0.25, 0.3) is 17.1 Å². The number of hydrogen-bond acceptors (Lipinski definition) is 4. The van der Waals surface area contributed by atoms with E-state index in [1.165, 1.54) is 17.3 Å². The van der Waals surface area contributed by atoms with Crippen LogP contribution in [0.3, 0.4) is 0 Å². The number of nitrogens with one attached hydrogen (secondary N) is 1. The summed E-state index contributed by atoms with van der Waals surface area (Å²) in [5, 5.41) is 12.6. The Morgan fingerprint density at radius 2 is 1.62 bits per heavy atom. The van der Waals surface area contributed by atoms with Crippen molar-refractivity contribution in [3.05, 3.63) is 89.5 Å². The predicted octanol–water partition coefficient (Wildman–Crippen LogP) is 6.58. The van der Waals surface area contributed by atoms with Crippen LogP contribution in [0, 0.1) is 13.8 Å². The van der Waals surface area contributed by atoms with Crippen molar-refractivity contribution < 1.29 is 4.79 Å². The molecular weight excluding hydrogens is 440 g/mol. The number of nitrogens with zero attached hydrogens (tertiary/aromatic N) is 3. The molecule has 0 fully saturated rings. The molecule has 0 aliphatic rings. The topological polar surface area (TPSA) is 59.8 Å². The summed E-state index contributed by atoms with van der Waals surface area (Å²) in [4.78, 5) is 12.7. The van der Waals surface area contributed by atoms with Gasteiger partial charge in [-0.25, -0.2) is 0 Å². The minimum absolute atomic E-state index is 0.0719. The van der Waals surface area contributed by atoms with E-state index in [0.717, 1.165) is 33.9 Å². The molecule has 0 saturated carbocycles. The van der Waals surface area contributed by atoms with Gasteiger partial charge in [-0.2, -0.15) is 0 Å². The number of carbonyl (C=O) groups is 1.